The summed E-state index contributed by atoms with van der Waals surface area (Å²) < 4.78 is 8.76. The molecular weight excluding hydrogens is 358 g/mol. The van der Waals surface area contributed by atoms with Crippen molar-refractivity contribution in [2.75, 3.05) is 13.2 Å². The van der Waals surface area contributed by atoms with Crippen LogP contribution in [0.3, 0.4) is 0 Å². The number of rotatable bonds is 8. The Bertz CT molecular complexity index is 953. The fraction of sp³-hybridized carbons (Fsp3) is 0.286. The Morgan fingerprint density at radius 1 is 1.14 bits per heavy atom. The van der Waals surface area contributed by atoms with Crippen molar-refractivity contribution in [3.63, 3.8) is 0 Å². The zero-order valence-electron chi connectivity index (χ0n) is 15.7. The van der Waals surface area contributed by atoms with Crippen LogP contribution in [0.1, 0.15) is 12.5 Å². The standard InChI is InChI=1S/C21H23N3O4/c1-2-28-21(27)17(14-25)22-20(26)13-24-15-23(12-16-8-4-3-5-9-16)18-10-6-7-11-19(18)24/h3-11,15,17,25H,2,12-14H2,1H3/p+1/t17-/m0/s1. The molecule has 1 atom stereocenters. The second-order valence-electron chi connectivity index (χ2n) is 6.40. The lowest BCUT2D eigenvalue weighted by Crippen LogP contribution is -2.45. The van der Waals surface area contributed by atoms with E-state index in [0.29, 0.717) is 6.54 Å². The monoisotopic (exact) mass is 382 g/mol. The largest absolute Gasteiger partial charge is 0.464 e. The van der Waals surface area contributed by atoms with Crippen molar-refractivity contribution in [2.45, 2.75) is 26.1 Å². The smallest absolute Gasteiger partial charge is 0.331 e. The molecule has 0 aliphatic heterocycles. The summed E-state index contributed by atoms with van der Waals surface area (Å²) in [6.07, 6.45) is 1.88. The maximum absolute atomic E-state index is 12.4. The number of imidazole rings is 1. The number of para-hydroxylation sites is 2. The Morgan fingerprint density at radius 2 is 1.86 bits per heavy atom. The van der Waals surface area contributed by atoms with Gasteiger partial charge in [0.25, 0.3) is 5.91 Å². The summed E-state index contributed by atoms with van der Waals surface area (Å²) in [5, 5.41) is 11.9. The van der Waals surface area contributed by atoms with E-state index >= 15 is 0 Å². The SMILES string of the molecule is CCOC(=O)[C@H](CO)NC(=O)Cn1c[n+](Cc2ccccc2)c2ccccc21. The van der Waals surface area contributed by atoms with Crippen molar-refractivity contribution in [2.24, 2.45) is 0 Å². The van der Waals surface area contributed by atoms with Gasteiger partial charge in [-0.25, -0.2) is 13.9 Å². The number of fused-ring (bicyclic) bond motifs is 1. The Morgan fingerprint density at radius 3 is 2.57 bits per heavy atom. The molecule has 0 aliphatic rings. The Kier molecular flexibility index (Phi) is 6.39. The summed E-state index contributed by atoms with van der Waals surface area (Å²) in [4.78, 5) is 24.2. The summed E-state index contributed by atoms with van der Waals surface area (Å²) in [5.41, 5.74) is 3.07. The van der Waals surface area contributed by atoms with Gasteiger partial charge in [-0.3, -0.25) is 4.79 Å². The lowest BCUT2D eigenvalue weighted by atomic mass is 10.2. The van der Waals surface area contributed by atoms with E-state index in [9.17, 15) is 14.7 Å². The molecule has 0 aliphatic carbocycles. The zero-order valence-corrected chi connectivity index (χ0v) is 15.7. The summed E-state index contributed by atoms with van der Waals surface area (Å²) in [7, 11) is 0. The van der Waals surface area contributed by atoms with Crippen molar-refractivity contribution in [1.82, 2.24) is 9.88 Å². The molecular formula is C21H24N3O4+. The summed E-state index contributed by atoms with van der Waals surface area (Å²) in [5.74, 6) is -1.02. The number of esters is 1. The van der Waals surface area contributed by atoms with E-state index in [1.165, 1.54) is 0 Å². The minimum absolute atomic E-state index is 0.0260. The number of carbonyl (C=O) groups is 2. The maximum Gasteiger partial charge on any atom is 0.331 e. The highest BCUT2D eigenvalue weighted by Gasteiger charge is 2.23. The van der Waals surface area contributed by atoms with Gasteiger partial charge in [-0.2, -0.15) is 0 Å². The Hall–Kier alpha value is -3.19. The molecule has 0 saturated carbocycles. The highest BCUT2D eigenvalue weighted by molar-refractivity contribution is 5.85. The first-order valence-corrected chi connectivity index (χ1v) is 9.20. The number of hydrogen-bond donors (Lipinski definition) is 2. The van der Waals surface area contributed by atoms with Gasteiger partial charge in [0.15, 0.2) is 23.6 Å². The molecule has 3 aromatic rings. The van der Waals surface area contributed by atoms with Gasteiger partial charge in [0.05, 0.1) is 13.2 Å². The molecule has 0 spiro atoms. The van der Waals surface area contributed by atoms with E-state index in [0.717, 1.165) is 16.6 Å². The molecule has 146 valence electrons. The molecule has 0 saturated heterocycles. The molecule has 2 aromatic carbocycles. The van der Waals surface area contributed by atoms with Crippen molar-refractivity contribution in [1.29, 1.82) is 0 Å². The van der Waals surface area contributed by atoms with Crippen molar-refractivity contribution < 1.29 is 24.0 Å². The van der Waals surface area contributed by atoms with Gasteiger partial charge in [0, 0.05) is 0 Å². The topological polar surface area (TPSA) is 84.4 Å². The van der Waals surface area contributed by atoms with Crippen LogP contribution >= 0.6 is 0 Å². The van der Waals surface area contributed by atoms with E-state index in [2.05, 4.69) is 22.0 Å². The minimum atomic E-state index is -1.06. The molecule has 0 fully saturated rings. The third-order valence-corrected chi connectivity index (χ3v) is 4.38. The van der Waals surface area contributed by atoms with Gasteiger partial charge in [0.2, 0.25) is 6.33 Å². The molecule has 2 N–H and O–H groups in total. The third-order valence-electron chi connectivity index (χ3n) is 4.38. The van der Waals surface area contributed by atoms with E-state index in [-0.39, 0.29) is 19.1 Å². The van der Waals surface area contributed by atoms with Crippen molar-refractivity contribution >= 4 is 22.9 Å². The van der Waals surface area contributed by atoms with Gasteiger partial charge in [-0.1, -0.05) is 42.5 Å². The number of nitrogens with one attached hydrogen (secondary N) is 1. The van der Waals surface area contributed by atoms with Crippen LogP contribution in [0.15, 0.2) is 60.9 Å². The van der Waals surface area contributed by atoms with Crippen LogP contribution in [-0.4, -0.2) is 40.8 Å². The Labute approximate surface area is 163 Å². The fourth-order valence-electron chi connectivity index (χ4n) is 3.09. The maximum atomic E-state index is 12.4. The number of aliphatic hydroxyl groups is 1. The molecule has 1 amide bonds. The second-order valence-corrected chi connectivity index (χ2v) is 6.40. The number of hydrogen-bond acceptors (Lipinski definition) is 4. The molecule has 3 rings (SSSR count). The van der Waals surface area contributed by atoms with E-state index in [4.69, 9.17) is 4.74 Å². The molecule has 7 nitrogen and oxygen atoms in total. The second kappa shape index (κ2) is 9.14. The summed E-state index contributed by atoms with van der Waals surface area (Å²) >= 11 is 0. The average Bonchev–Trinajstić information content (AvgIpc) is 3.04. The minimum Gasteiger partial charge on any atom is -0.464 e. The molecule has 1 heterocycles. The number of amides is 1. The van der Waals surface area contributed by atoms with E-state index < -0.39 is 18.6 Å². The van der Waals surface area contributed by atoms with Crippen LogP contribution < -0.4 is 9.88 Å². The van der Waals surface area contributed by atoms with Crippen LogP contribution in [0.5, 0.6) is 0 Å². The number of aliphatic hydroxyl groups excluding tert-OH is 1. The number of aromatic nitrogens is 2. The van der Waals surface area contributed by atoms with Crippen LogP contribution in [0.4, 0.5) is 0 Å². The van der Waals surface area contributed by atoms with E-state index in [1.54, 1.807) is 6.92 Å². The third kappa shape index (κ3) is 4.55. The molecule has 0 bridgehead atoms. The van der Waals surface area contributed by atoms with Crippen LogP contribution in [-0.2, 0) is 27.4 Å². The van der Waals surface area contributed by atoms with Crippen molar-refractivity contribution in [3.8, 4) is 0 Å². The molecule has 28 heavy (non-hydrogen) atoms. The van der Waals surface area contributed by atoms with Gasteiger partial charge in [-0.05, 0) is 24.6 Å². The van der Waals surface area contributed by atoms with E-state index in [1.807, 2.05) is 53.4 Å². The van der Waals surface area contributed by atoms with Crippen LogP contribution in [0, 0.1) is 0 Å². The highest BCUT2D eigenvalue weighted by Crippen LogP contribution is 2.12. The predicted molar refractivity (Wildman–Crippen MR) is 103 cm³/mol. The van der Waals surface area contributed by atoms with Gasteiger partial charge in [0.1, 0.15) is 6.54 Å². The molecule has 0 radical (unpaired) electrons. The first kappa shape index (κ1) is 19.6. The molecule has 1 aromatic heterocycles. The van der Waals surface area contributed by atoms with Crippen molar-refractivity contribution in [3.05, 3.63) is 66.5 Å². The highest BCUT2D eigenvalue weighted by atomic mass is 16.5. The van der Waals surface area contributed by atoms with Gasteiger partial charge >= 0.3 is 5.97 Å². The molecule has 0 unspecified atom stereocenters. The fourth-order valence-corrected chi connectivity index (χ4v) is 3.09. The first-order chi connectivity index (χ1) is 13.6. The zero-order chi connectivity index (χ0) is 19.9. The molecule has 7 heteroatoms. The van der Waals surface area contributed by atoms with Crippen LogP contribution in [0.2, 0.25) is 0 Å². The number of ether oxygens (including phenoxy) is 1. The summed E-state index contributed by atoms with van der Waals surface area (Å²) in [6, 6.07) is 16.8. The predicted octanol–water partition coefficient (Wildman–Crippen LogP) is 1.02. The van der Waals surface area contributed by atoms with Crippen LogP contribution in [0.25, 0.3) is 11.0 Å². The lowest BCUT2D eigenvalue weighted by Gasteiger charge is -2.14. The normalized spacial score (nSPS) is 11.9. The average molecular weight is 382 g/mol. The number of carbonyl (C=O) groups excluding carboxylic acids is 2. The van der Waals surface area contributed by atoms with Gasteiger partial charge < -0.3 is 15.2 Å². The van der Waals surface area contributed by atoms with Gasteiger partial charge in [-0.15, -0.1) is 0 Å². The summed E-state index contributed by atoms with van der Waals surface area (Å²) in [6.45, 7) is 2.06. The quantitative estimate of drug-likeness (QED) is 0.450. The number of benzene rings is 2. The lowest BCUT2D eigenvalue weighted by molar-refractivity contribution is -0.663. The number of nitrogens with zero attached hydrogens (tertiary/aromatic N) is 2. The first-order valence-electron chi connectivity index (χ1n) is 9.20. The Balaban J connectivity index is 1.79.